The van der Waals surface area contributed by atoms with Gasteiger partial charge in [-0.3, -0.25) is 9.59 Å². The second-order valence-corrected chi connectivity index (χ2v) is 9.52. The highest BCUT2D eigenvalue weighted by atomic mass is 32.2. The first kappa shape index (κ1) is 23.9. The van der Waals surface area contributed by atoms with Crippen LogP contribution in [0.5, 0.6) is 0 Å². The fourth-order valence-corrected chi connectivity index (χ4v) is 4.96. The van der Waals surface area contributed by atoms with E-state index in [1.54, 1.807) is 0 Å². The number of amides is 2. The number of rotatable bonds is 10. The van der Waals surface area contributed by atoms with E-state index in [9.17, 15) is 9.59 Å². The second-order valence-electron chi connectivity index (χ2n) is 8.50. The standard InChI is InChI=1S/C26H33N3O2S/c1-19(2)29(20(3)4)26(31)17-28-16-24(22-12-8-9-13-23(22)28)32-18-25(30)27-15-14-21-10-6-5-7-11-21/h5-13,16,19-20H,14-15,17-18H2,1-4H3,(H,27,30). The quantitative estimate of drug-likeness (QED) is 0.453. The average molecular weight is 452 g/mol. The molecule has 0 aliphatic rings. The molecule has 3 rings (SSSR count). The molecule has 0 saturated heterocycles. The maximum Gasteiger partial charge on any atom is 0.242 e. The summed E-state index contributed by atoms with van der Waals surface area (Å²) in [5.41, 5.74) is 2.23. The molecule has 0 aliphatic heterocycles. The molecule has 0 atom stereocenters. The van der Waals surface area contributed by atoms with Gasteiger partial charge in [0.15, 0.2) is 0 Å². The molecule has 0 bridgehead atoms. The van der Waals surface area contributed by atoms with Crippen LogP contribution in [0, 0.1) is 0 Å². The Bertz CT molecular complexity index is 1040. The molecule has 6 heteroatoms. The largest absolute Gasteiger partial charge is 0.355 e. The van der Waals surface area contributed by atoms with E-state index in [0.29, 0.717) is 18.8 Å². The molecule has 0 radical (unpaired) electrons. The summed E-state index contributed by atoms with van der Waals surface area (Å²) in [6, 6.07) is 18.5. The van der Waals surface area contributed by atoms with E-state index in [2.05, 4.69) is 23.5 Å². The van der Waals surface area contributed by atoms with Crippen LogP contribution in [-0.2, 0) is 22.6 Å². The van der Waals surface area contributed by atoms with Gasteiger partial charge in [0.25, 0.3) is 0 Å². The number of hydrogen-bond donors (Lipinski definition) is 1. The smallest absolute Gasteiger partial charge is 0.242 e. The number of carbonyl (C=O) groups is 2. The van der Waals surface area contributed by atoms with Crippen molar-refractivity contribution in [1.29, 1.82) is 0 Å². The third kappa shape index (κ3) is 6.16. The van der Waals surface area contributed by atoms with E-state index in [0.717, 1.165) is 22.2 Å². The molecule has 1 N–H and O–H groups in total. The van der Waals surface area contributed by atoms with Gasteiger partial charge in [-0.1, -0.05) is 48.5 Å². The highest BCUT2D eigenvalue weighted by Crippen LogP contribution is 2.30. The van der Waals surface area contributed by atoms with Crippen molar-refractivity contribution in [2.45, 2.75) is 57.6 Å². The summed E-state index contributed by atoms with van der Waals surface area (Å²) in [6.45, 7) is 9.10. The van der Waals surface area contributed by atoms with E-state index < -0.39 is 0 Å². The fraction of sp³-hybridized carbons (Fsp3) is 0.385. The number of nitrogens with zero attached hydrogens (tertiary/aromatic N) is 2. The molecular weight excluding hydrogens is 418 g/mol. The lowest BCUT2D eigenvalue weighted by Crippen LogP contribution is -2.43. The van der Waals surface area contributed by atoms with Gasteiger partial charge in [0.2, 0.25) is 11.8 Å². The highest BCUT2D eigenvalue weighted by Gasteiger charge is 2.21. The van der Waals surface area contributed by atoms with E-state index in [-0.39, 0.29) is 23.9 Å². The average Bonchev–Trinajstić information content (AvgIpc) is 3.10. The van der Waals surface area contributed by atoms with E-state index in [1.165, 1.54) is 17.3 Å². The number of hydrogen-bond acceptors (Lipinski definition) is 3. The Balaban J connectivity index is 1.63. The van der Waals surface area contributed by atoms with Crippen molar-refractivity contribution in [1.82, 2.24) is 14.8 Å². The van der Waals surface area contributed by atoms with Gasteiger partial charge in [-0.05, 0) is 45.7 Å². The Hall–Kier alpha value is -2.73. The molecule has 2 amide bonds. The summed E-state index contributed by atoms with van der Waals surface area (Å²) in [5, 5.41) is 4.07. The number of carbonyl (C=O) groups excluding carboxylic acids is 2. The van der Waals surface area contributed by atoms with Crippen LogP contribution in [0.2, 0.25) is 0 Å². The zero-order chi connectivity index (χ0) is 23.1. The lowest BCUT2D eigenvalue weighted by atomic mass is 10.1. The minimum atomic E-state index is 0.0182. The van der Waals surface area contributed by atoms with Gasteiger partial charge in [0.1, 0.15) is 6.54 Å². The van der Waals surface area contributed by atoms with Crippen LogP contribution in [0.3, 0.4) is 0 Å². The van der Waals surface area contributed by atoms with Crippen molar-refractivity contribution < 1.29 is 9.59 Å². The summed E-state index contributed by atoms with van der Waals surface area (Å²) in [7, 11) is 0. The first-order chi connectivity index (χ1) is 15.4. The van der Waals surface area contributed by atoms with Crippen LogP contribution in [0.1, 0.15) is 33.3 Å². The fourth-order valence-electron chi connectivity index (χ4n) is 4.04. The zero-order valence-electron chi connectivity index (χ0n) is 19.4. The molecule has 0 spiro atoms. The molecule has 0 unspecified atom stereocenters. The normalized spacial score (nSPS) is 11.3. The molecule has 1 heterocycles. The molecular formula is C26H33N3O2S. The monoisotopic (exact) mass is 451 g/mol. The Morgan fingerprint density at radius 2 is 1.62 bits per heavy atom. The molecule has 2 aromatic carbocycles. The maximum absolute atomic E-state index is 13.0. The SMILES string of the molecule is CC(C)N(C(=O)Cn1cc(SCC(=O)NCCc2ccccc2)c2ccccc21)C(C)C. The summed E-state index contributed by atoms with van der Waals surface area (Å²) < 4.78 is 2.01. The number of nitrogens with one attached hydrogen (secondary N) is 1. The number of aromatic nitrogens is 1. The van der Waals surface area contributed by atoms with Crippen molar-refractivity contribution >= 4 is 34.5 Å². The predicted octanol–water partition coefficient (Wildman–Crippen LogP) is 4.74. The number of benzene rings is 2. The Morgan fingerprint density at radius 1 is 0.969 bits per heavy atom. The van der Waals surface area contributed by atoms with Crippen LogP contribution >= 0.6 is 11.8 Å². The van der Waals surface area contributed by atoms with E-state index >= 15 is 0 Å². The van der Waals surface area contributed by atoms with E-state index in [4.69, 9.17) is 0 Å². The number of fused-ring (bicyclic) bond motifs is 1. The minimum absolute atomic E-state index is 0.0182. The van der Waals surface area contributed by atoms with Gasteiger partial charge in [0.05, 0.1) is 5.75 Å². The van der Waals surface area contributed by atoms with Crippen LogP contribution in [0.25, 0.3) is 10.9 Å². The number of thioether (sulfide) groups is 1. The van der Waals surface area contributed by atoms with Crippen molar-refractivity contribution in [3.63, 3.8) is 0 Å². The first-order valence-electron chi connectivity index (χ1n) is 11.2. The van der Waals surface area contributed by atoms with E-state index in [1.807, 2.05) is 79.8 Å². The Kier molecular flexibility index (Phi) is 8.39. The molecule has 170 valence electrons. The van der Waals surface area contributed by atoms with Crippen LogP contribution < -0.4 is 5.32 Å². The third-order valence-corrected chi connectivity index (χ3v) is 6.44. The topological polar surface area (TPSA) is 54.3 Å². The third-order valence-electron chi connectivity index (χ3n) is 5.40. The lowest BCUT2D eigenvalue weighted by molar-refractivity contribution is -0.135. The Labute approximate surface area is 195 Å². The highest BCUT2D eigenvalue weighted by molar-refractivity contribution is 8.00. The van der Waals surface area contributed by atoms with Crippen LogP contribution in [0.4, 0.5) is 0 Å². The summed E-state index contributed by atoms with van der Waals surface area (Å²) in [5.74, 6) is 0.469. The molecule has 0 aliphatic carbocycles. The second kappa shape index (κ2) is 11.2. The number of para-hydroxylation sites is 1. The van der Waals surface area contributed by atoms with Crippen molar-refractivity contribution in [2.75, 3.05) is 12.3 Å². The summed E-state index contributed by atoms with van der Waals surface area (Å²) in [4.78, 5) is 28.3. The molecule has 32 heavy (non-hydrogen) atoms. The zero-order valence-corrected chi connectivity index (χ0v) is 20.2. The van der Waals surface area contributed by atoms with Crippen LogP contribution in [0.15, 0.2) is 65.7 Å². The molecule has 3 aromatic rings. The van der Waals surface area contributed by atoms with Crippen molar-refractivity contribution in [3.8, 4) is 0 Å². The molecule has 5 nitrogen and oxygen atoms in total. The van der Waals surface area contributed by atoms with Gasteiger partial charge >= 0.3 is 0 Å². The van der Waals surface area contributed by atoms with Gasteiger partial charge in [-0.25, -0.2) is 0 Å². The minimum Gasteiger partial charge on any atom is -0.355 e. The van der Waals surface area contributed by atoms with Crippen molar-refractivity contribution in [3.05, 3.63) is 66.4 Å². The predicted molar refractivity (Wildman–Crippen MR) is 133 cm³/mol. The Morgan fingerprint density at radius 3 is 2.31 bits per heavy atom. The summed E-state index contributed by atoms with van der Waals surface area (Å²) >= 11 is 1.52. The van der Waals surface area contributed by atoms with Gasteiger partial charge < -0.3 is 14.8 Å². The molecule has 1 aromatic heterocycles. The maximum atomic E-state index is 13.0. The van der Waals surface area contributed by atoms with Gasteiger partial charge in [0, 0.05) is 40.6 Å². The lowest BCUT2D eigenvalue weighted by Gasteiger charge is -2.31. The van der Waals surface area contributed by atoms with Gasteiger partial charge in [-0.2, -0.15) is 0 Å². The first-order valence-corrected chi connectivity index (χ1v) is 12.2. The van der Waals surface area contributed by atoms with Crippen molar-refractivity contribution in [2.24, 2.45) is 0 Å². The van der Waals surface area contributed by atoms with Crippen LogP contribution in [-0.4, -0.2) is 45.7 Å². The molecule has 0 saturated carbocycles. The van der Waals surface area contributed by atoms with Gasteiger partial charge in [-0.15, -0.1) is 11.8 Å². The molecule has 0 fully saturated rings. The summed E-state index contributed by atoms with van der Waals surface area (Å²) in [6.07, 6.45) is 2.82.